The summed E-state index contributed by atoms with van der Waals surface area (Å²) in [7, 11) is 1.81. The standard InChI is InChI=1S/C16H13BFN3O2/c18-12-8-10(4-6-16(22)23)21-15(12)9-11-3-5-14(20(11)17-21)13-2-1-7-19-13/h1-3,5,7-9,19H,4,6H2,(H,22,23)/q+1. The highest BCUT2D eigenvalue weighted by molar-refractivity contribution is 6.29. The smallest absolute Gasteiger partial charge is 0.481 e. The summed E-state index contributed by atoms with van der Waals surface area (Å²) in [4.78, 5) is 13.9. The number of carbonyl (C=O) groups is 1. The van der Waals surface area contributed by atoms with Crippen molar-refractivity contribution in [1.82, 2.24) is 9.46 Å². The molecule has 0 amide bonds. The maximum Gasteiger partial charge on any atom is 0.700 e. The number of H-pyrrole nitrogens is 1. The van der Waals surface area contributed by atoms with Gasteiger partial charge in [-0.05, 0) is 24.6 Å². The van der Waals surface area contributed by atoms with E-state index in [1.807, 2.05) is 35.0 Å². The van der Waals surface area contributed by atoms with E-state index in [4.69, 9.17) is 5.11 Å². The molecule has 4 heterocycles. The van der Waals surface area contributed by atoms with E-state index in [9.17, 15) is 9.18 Å². The molecule has 2 N–H and O–H groups in total. The summed E-state index contributed by atoms with van der Waals surface area (Å²) in [5, 5.41) is 8.85. The number of allylic oxidation sites excluding steroid dienone is 2. The molecule has 0 saturated carbocycles. The molecule has 2 aliphatic rings. The molecule has 4 rings (SSSR count). The predicted molar refractivity (Wildman–Crippen MR) is 83.8 cm³/mol. The minimum absolute atomic E-state index is 0.0290. The van der Waals surface area contributed by atoms with Gasteiger partial charge in [-0.3, -0.25) is 9.28 Å². The first-order chi connectivity index (χ1) is 11.1. The summed E-state index contributed by atoms with van der Waals surface area (Å²) >= 11 is 0. The van der Waals surface area contributed by atoms with Crippen molar-refractivity contribution in [3.63, 3.8) is 0 Å². The molecular formula is C16H13BFN3O2+. The van der Waals surface area contributed by atoms with Crippen LogP contribution in [0.3, 0.4) is 0 Å². The van der Waals surface area contributed by atoms with Crippen LogP contribution in [0.1, 0.15) is 23.5 Å². The fourth-order valence-electron chi connectivity index (χ4n) is 2.94. The molecule has 0 bridgehead atoms. The van der Waals surface area contributed by atoms with E-state index in [2.05, 4.69) is 4.98 Å². The van der Waals surface area contributed by atoms with E-state index >= 15 is 0 Å². The van der Waals surface area contributed by atoms with Gasteiger partial charge < -0.3 is 14.6 Å². The van der Waals surface area contributed by atoms with Crippen LogP contribution in [-0.2, 0) is 11.2 Å². The second-order valence-corrected chi connectivity index (χ2v) is 5.49. The Morgan fingerprint density at radius 3 is 3.04 bits per heavy atom. The molecule has 23 heavy (non-hydrogen) atoms. The van der Waals surface area contributed by atoms with Crippen LogP contribution in [0, 0.1) is 5.82 Å². The van der Waals surface area contributed by atoms with Crippen molar-refractivity contribution >= 4 is 25.3 Å². The normalized spacial score (nSPS) is 15.3. The number of fused-ring (bicyclic) bond motifs is 2. The SMILES string of the molecule is O=C(O)CCc1cc(F)c2n1[B][N+]1=C(c3ccc[nH]3)C=CC1=C2. The number of halogens is 1. The number of aliphatic carboxylic acids is 1. The lowest BCUT2D eigenvalue weighted by molar-refractivity contribution is -0.312. The molecule has 1 radical (unpaired) electrons. The maximum atomic E-state index is 14.2. The van der Waals surface area contributed by atoms with Gasteiger partial charge in [0.25, 0.3) is 0 Å². The lowest BCUT2D eigenvalue weighted by atomic mass is 10.0. The van der Waals surface area contributed by atoms with Gasteiger partial charge in [-0.25, -0.2) is 4.39 Å². The number of aromatic amines is 1. The van der Waals surface area contributed by atoms with Crippen LogP contribution >= 0.6 is 0 Å². The Hall–Kier alpha value is -2.83. The fourth-order valence-corrected chi connectivity index (χ4v) is 2.94. The Balaban J connectivity index is 1.76. The Kier molecular flexibility index (Phi) is 3.07. The number of rotatable bonds is 4. The van der Waals surface area contributed by atoms with Gasteiger partial charge in [-0.15, -0.1) is 0 Å². The van der Waals surface area contributed by atoms with Crippen LogP contribution in [-0.4, -0.2) is 38.3 Å². The highest BCUT2D eigenvalue weighted by atomic mass is 19.1. The average molecular weight is 309 g/mol. The third-order valence-corrected chi connectivity index (χ3v) is 4.04. The predicted octanol–water partition coefficient (Wildman–Crippen LogP) is 1.78. The summed E-state index contributed by atoms with van der Waals surface area (Å²) in [6.45, 7) is 0. The Labute approximate surface area is 132 Å². The number of carboxylic acids is 1. The van der Waals surface area contributed by atoms with Crippen molar-refractivity contribution in [2.75, 3.05) is 0 Å². The van der Waals surface area contributed by atoms with Gasteiger partial charge in [0.15, 0.2) is 5.70 Å². The molecule has 0 aromatic carbocycles. The molecule has 0 spiro atoms. The monoisotopic (exact) mass is 309 g/mol. The zero-order chi connectivity index (χ0) is 16.0. The summed E-state index contributed by atoms with van der Waals surface area (Å²) < 4.78 is 17.8. The number of nitrogens with zero attached hydrogens (tertiary/aromatic N) is 2. The lowest BCUT2D eigenvalue weighted by Gasteiger charge is -2.12. The third kappa shape index (κ3) is 2.25. The van der Waals surface area contributed by atoms with Crippen molar-refractivity contribution in [3.8, 4) is 0 Å². The highest BCUT2D eigenvalue weighted by Gasteiger charge is 2.35. The van der Waals surface area contributed by atoms with Crippen LogP contribution in [0.15, 0.2) is 42.2 Å². The van der Waals surface area contributed by atoms with Crippen molar-refractivity contribution in [3.05, 3.63) is 65.1 Å². The topological polar surface area (TPSA) is 61.0 Å². The van der Waals surface area contributed by atoms with Gasteiger partial charge in [0.2, 0.25) is 5.71 Å². The third-order valence-electron chi connectivity index (χ3n) is 4.04. The molecule has 7 heteroatoms. The lowest BCUT2D eigenvalue weighted by Crippen LogP contribution is -2.31. The van der Waals surface area contributed by atoms with E-state index in [1.165, 1.54) is 6.07 Å². The number of hydrogen-bond acceptors (Lipinski definition) is 1. The van der Waals surface area contributed by atoms with Crippen molar-refractivity contribution in [1.29, 1.82) is 0 Å². The van der Waals surface area contributed by atoms with E-state index in [1.54, 1.807) is 18.1 Å². The van der Waals surface area contributed by atoms with E-state index in [0.717, 1.165) is 17.1 Å². The van der Waals surface area contributed by atoms with Crippen LogP contribution < -0.4 is 0 Å². The minimum Gasteiger partial charge on any atom is -0.481 e. The first-order valence-electron chi connectivity index (χ1n) is 7.29. The zero-order valence-corrected chi connectivity index (χ0v) is 12.2. The quantitative estimate of drug-likeness (QED) is 0.846. The van der Waals surface area contributed by atoms with E-state index in [0.29, 0.717) is 11.4 Å². The van der Waals surface area contributed by atoms with Crippen molar-refractivity contribution < 1.29 is 18.8 Å². The largest absolute Gasteiger partial charge is 0.700 e. The van der Waals surface area contributed by atoms with Crippen LogP contribution in [0.4, 0.5) is 4.39 Å². The maximum absolute atomic E-state index is 14.2. The first-order valence-corrected chi connectivity index (χ1v) is 7.29. The van der Waals surface area contributed by atoms with Gasteiger partial charge in [0, 0.05) is 30.1 Å². The van der Waals surface area contributed by atoms with Crippen LogP contribution in [0.5, 0.6) is 0 Å². The number of aromatic nitrogens is 2. The van der Waals surface area contributed by atoms with Crippen molar-refractivity contribution in [2.45, 2.75) is 12.8 Å². The summed E-state index contributed by atoms with van der Waals surface area (Å²) in [6.07, 6.45) is 7.77. The first kappa shape index (κ1) is 13.8. The molecule has 2 aromatic rings. The molecule has 0 saturated heterocycles. The molecule has 0 unspecified atom stereocenters. The van der Waals surface area contributed by atoms with Gasteiger partial charge in [-0.2, -0.15) is 0 Å². The minimum atomic E-state index is -0.894. The second-order valence-electron chi connectivity index (χ2n) is 5.49. The molecule has 0 atom stereocenters. The number of aryl methyl sites for hydroxylation is 1. The van der Waals surface area contributed by atoms with Gasteiger partial charge in [0.05, 0.1) is 12.1 Å². The molecule has 0 fully saturated rings. The Morgan fingerprint density at radius 2 is 2.30 bits per heavy atom. The number of carboxylic acid groups (broad SMARTS) is 1. The fraction of sp³-hybridized carbons (Fsp3) is 0.125. The van der Waals surface area contributed by atoms with E-state index in [-0.39, 0.29) is 18.7 Å². The summed E-state index contributed by atoms with van der Waals surface area (Å²) in [5.41, 5.74) is 3.90. The summed E-state index contributed by atoms with van der Waals surface area (Å²) in [6, 6.07) is 5.29. The molecule has 2 aliphatic heterocycles. The zero-order valence-electron chi connectivity index (χ0n) is 12.2. The van der Waals surface area contributed by atoms with Gasteiger partial charge >= 0.3 is 13.5 Å². The van der Waals surface area contributed by atoms with Gasteiger partial charge in [0.1, 0.15) is 11.5 Å². The van der Waals surface area contributed by atoms with E-state index < -0.39 is 5.97 Å². The number of hydrogen-bond donors (Lipinski definition) is 2. The molecular weight excluding hydrogens is 296 g/mol. The average Bonchev–Trinajstić information content (AvgIpc) is 3.22. The Morgan fingerprint density at radius 1 is 1.43 bits per heavy atom. The van der Waals surface area contributed by atoms with Crippen molar-refractivity contribution in [2.24, 2.45) is 0 Å². The van der Waals surface area contributed by atoms with Gasteiger partial charge in [-0.1, -0.05) is 0 Å². The highest BCUT2D eigenvalue weighted by Crippen LogP contribution is 2.25. The summed E-state index contributed by atoms with van der Waals surface area (Å²) in [5.74, 6) is -1.23. The molecule has 113 valence electrons. The Bertz CT molecular complexity index is 891. The van der Waals surface area contributed by atoms with Crippen LogP contribution in [0.2, 0.25) is 0 Å². The molecule has 5 nitrogen and oxygen atoms in total. The second kappa shape index (κ2) is 5.12. The molecule has 0 aliphatic carbocycles. The number of nitrogens with one attached hydrogen (secondary N) is 1. The molecule has 2 aromatic heterocycles. The van der Waals surface area contributed by atoms with Crippen LogP contribution in [0.25, 0.3) is 6.08 Å².